The molecule has 0 aliphatic rings. The van der Waals surface area contributed by atoms with Crippen molar-refractivity contribution in [1.29, 1.82) is 0 Å². The fourth-order valence-electron chi connectivity index (χ4n) is 4.16. The Hall–Kier alpha value is -4.52. The number of ether oxygens (including phenoxy) is 2. The number of nitrogens with one attached hydrogen (secondary N) is 1. The summed E-state index contributed by atoms with van der Waals surface area (Å²) in [6, 6.07) is 15.6. The molecule has 0 saturated heterocycles. The van der Waals surface area contributed by atoms with Crippen LogP contribution in [-0.2, 0) is 28.6 Å². The molecule has 0 aliphatic heterocycles. The van der Waals surface area contributed by atoms with Crippen LogP contribution in [0.5, 0.6) is 11.5 Å². The number of hydrogen-bond donors (Lipinski definition) is 1. The van der Waals surface area contributed by atoms with E-state index in [1.165, 1.54) is 50.6 Å². The second kappa shape index (κ2) is 14.1. The van der Waals surface area contributed by atoms with Gasteiger partial charge in [0.2, 0.25) is 16.9 Å². The number of amides is 2. The molecule has 3 aromatic carbocycles. The van der Waals surface area contributed by atoms with Crippen LogP contribution in [0.2, 0.25) is 0 Å². The van der Waals surface area contributed by atoms with Crippen LogP contribution in [0.1, 0.15) is 23.1 Å². The van der Waals surface area contributed by atoms with Gasteiger partial charge >= 0.3 is 6.18 Å². The molecule has 0 aliphatic carbocycles. The number of carbonyl (C=O) groups excluding carboxylic acids is 2. The highest BCUT2D eigenvalue weighted by atomic mass is 32.1. The van der Waals surface area contributed by atoms with Gasteiger partial charge in [0.25, 0.3) is 0 Å². The van der Waals surface area contributed by atoms with Crippen LogP contribution in [0, 0.1) is 5.82 Å². The molecule has 1 heterocycles. The van der Waals surface area contributed by atoms with Crippen LogP contribution in [0.4, 0.5) is 22.7 Å². The van der Waals surface area contributed by atoms with Crippen molar-refractivity contribution in [3.63, 3.8) is 0 Å². The number of carbonyl (C=O) groups is 2. The number of rotatable bonds is 12. The van der Waals surface area contributed by atoms with E-state index in [4.69, 9.17) is 9.47 Å². The highest BCUT2D eigenvalue weighted by Crippen LogP contribution is 2.32. The zero-order valence-electron chi connectivity index (χ0n) is 23.3. The van der Waals surface area contributed by atoms with Gasteiger partial charge in [-0.1, -0.05) is 41.7 Å². The van der Waals surface area contributed by atoms with Crippen LogP contribution < -0.4 is 14.8 Å². The molecule has 0 unspecified atom stereocenters. The van der Waals surface area contributed by atoms with E-state index in [1.54, 1.807) is 11.0 Å². The molecule has 4 rings (SSSR count). The highest BCUT2D eigenvalue weighted by Gasteiger charge is 2.30. The summed E-state index contributed by atoms with van der Waals surface area (Å²) in [7, 11) is 3.07. The Bertz CT molecular complexity index is 1540. The van der Waals surface area contributed by atoms with Gasteiger partial charge in [-0.25, -0.2) is 4.39 Å². The standard InChI is InChI=1S/C30H28F4N4O4S/c1-41-24-12-5-20(17-25(24)42-2)13-15-38(27(40)18-19-3-10-23(31)11-4-19)16-14-26(39)35-29-37-36-28(43-29)21-6-8-22(9-7-21)30(32,33)34/h3-12,17H,13-16,18H2,1-2H3,(H,35,37,39). The average Bonchev–Trinajstić information content (AvgIpc) is 3.46. The lowest BCUT2D eigenvalue weighted by molar-refractivity contribution is -0.137. The van der Waals surface area contributed by atoms with Crippen molar-refractivity contribution in [2.24, 2.45) is 0 Å². The fraction of sp³-hybridized carbons (Fsp3) is 0.267. The minimum Gasteiger partial charge on any atom is -0.493 e. The molecular formula is C30H28F4N4O4S. The Morgan fingerprint density at radius 1 is 0.884 bits per heavy atom. The number of nitrogens with zero attached hydrogens (tertiary/aromatic N) is 3. The van der Waals surface area contributed by atoms with Gasteiger partial charge in [-0.2, -0.15) is 13.2 Å². The molecule has 1 N–H and O–H groups in total. The molecule has 1 aromatic heterocycles. The first-order chi connectivity index (χ1) is 20.5. The Balaban J connectivity index is 1.39. The van der Waals surface area contributed by atoms with Crippen molar-refractivity contribution in [3.8, 4) is 22.1 Å². The zero-order chi connectivity index (χ0) is 31.0. The van der Waals surface area contributed by atoms with Crippen molar-refractivity contribution in [2.45, 2.75) is 25.4 Å². The Kier molecular flexibility index (Phi) is 10.3. The maximum atomic E-state index is 13.3. The lowest BCUT2D eigenvalue weighted by atomic mass is 10.1. The lowest BCUT2D eigenvalue weighted by Crippen LogP contribution is -2.36. The SMILES string of the molecule is COc1ccc(CCN(CCC(=O)Nc2nnc(-c3ccc(C(F)(F)F)cc3)s2)C(=O)Cc2ccc(F)cc2)cc1OC. The molecule has 0 saturated carbocycles. The largest absolute Gasteiger partial charge is 0.493 e. The van der Waals surface area contributed by atoms with Crippen LogP contribution in [-0.4, -0.2) is 54.2 Å². The quantitative estimate of drug-likeness (QED) is 0.196. The van der Waals surface area contributed by atoms with Crippen LogP contribution in [0.15, 0.2) is 66.7 Å². The van der Waals surface area contributed by atoms with Crippen LogP contribution in [0.25, 0.3) is 10.6 Å². The predicted molar refractivity (Wildman–Crippen MR) is 154 cm³/mol. The van der Waals surface area contributed by atoms with Gasteiger partial charge in [-0.3, -0.25) is 9.59 Å². The lowest BCUT2D eigenvalue weighted by Gasteiger charge is -2.23. The summed E-state index contributed by atoms with van der Waals surface area (Å²) in [5.74, 6) is 0.0687. The summed E-state index contributed by atoms with van der Waals surface area (Å²) in [6.45, 7) is 0.406. The van der Waals surface area contributed by atoms with Gasteiger partial charge < -0.3 is 19.7 Å². The molecular weight excluding hydrogens is 588 g/mol. The Morgan fingerprint density at radius 3 is 2.21 bits per heavy atom. The molecule has 226 valence electrons. The smallest absolute Gasteiger partial charge is 0.416 e. The first-order valence-corrected chi connectivity index (χ1v) is 13.9. The third-order valence-corrected chi connectivity index (χ3v) is 7.37. The van der Waals surface area contributed by atoms with Gasteiger partial charge in [0.15, 0.2) is 11.5 Å². The Morgan fingerprint density at radius 2 is 1.56 bits per heavy atom. The molecule has 4 aromatic rings. The van der Waals surface area contributed by atoms with E-state index in [9.17, 15) is 27.2 Å². The minimum absolute atomic E-state index is 0.0285. The Labute approximate surface area is 249 Å². The van der Waals surface area contributed by atoms with Crippen molar-refractivity contribution in [1.82, 2.24) is 15.1 Å². The summed E-state index contributed by atoms with van der Waals surface area (Å²) in [4.78, 5) is 27.5. The van der Waals surface area contributed by atoms with Gasteiger partial charge in [0.1, 0.15) is 10.8 Å². The highest BCUT2D eigenvalue weighted by molar-refractivity contribution is 7.18. The monoisotopic (exact) mass is 616 g/mol. The first kappa shape index (κ1) is 31.4. The topological polar surface area (TPSA) is 93.6 Å². The number of hydrogen-bond acceptors (Lipinski definition) is 7. The average molecular weight is 617 g/mol. The number of benzene rings is 3. The van der Waals surface area contributed by atoms with Crippen molar-refractivity contribution < 1.29 is 36.6 Å². The summed E-state index contributed by atoms with van der Waals surface area (Å²) >= 11 is 1.02. The fourth-order valence-corrected chi connectivity index (χ4v) is 4.93. The molecule has 0 spiro atoms. The number of methoxy groups -OCH3 is 2. The van der Waals surface area contributed by atoms with Crippen molar-refractivity contribution in [3.05, 3.63) is 89.2 Å². The third kappa shape index (κ3) is 8.74. The van der Waals surface area contributed by atoms with Crippen molar-refractivity contribution >= 4 is 28.3 Å². The molecule has 0 fully saturated rings. The maximum Gasteiger partial charge on any atom is 0.416 e. The van der Waals surface area contributed by atoms with E-state index in [-0.39, 0.29) is 30.4 Å². The van der Waals surface area contributed by atoms with Crippen molar-refractivity contribution in [2.75, 3.05) is 32.6 Å². The zero-order valence-corrected chi connectivity index (χ0v) is 24.1. The van der Waals surface area contributed by atoms with E-state index in [0.29, 0.717) is 40.6 Å². The molecule has 13 heteroatoms. The molecule has 2 amide bonds. The first-order valence-electron chi connectivity index (χ1n) is 13.1. The summed E-state index contributed by atoms with van der Waals surface area (Å²) in [6.07, 6.45) is -3.99. The molecule has 0 atom stereocenters. The van der Waals surface area contributed by atoms with Gasteiger partial charge in [-0.15, -0.1) is 10.2 Å². The van der Waals surface area contributed by atoms with Crippen LogP contribution >= 0.6 is 11.3 Å². The second-order valence-electron chi connectivity index (χ2n) is 9.41. The van der Waals surface area contributed by atoms with E-state index in [1.807, 2.05) is 12.1 Å². The predicted octanol–water partition coefficient (Wildman–Crippen LogP) is 6.02. The van der Waals surface area contributed by atoms with Gasteiger partial charge in [0.05, 0.1) is 26.2 Å². The van der Waals surface area contributed by atoms with Gasteiger partial charge in [0, 0.05) is 25.1 Å². The molecule has 0 bridgehead atoms. The van der Waals surface area contributed by atoms with E-state index in [0.717, 1.165) is 29.0 Å². The second-order valence-corrected chi connectivity index (χ2v) is 10.4. The van der Waals surface area contributed by atoms with E-state index >= 15 is 0 Å². The number of aromatic nitrogens is 2. The number of alkyl halides is 3. The normalized spacial score (nSPS) is 11.2. The summed E-state index contributed by atoms with van der Waals surface area (Å²) < 4.78 is 62.5. The summed E-state index contributed by atoms with van der Waals surface area (Å²) in [5.41, 5.74) is 1.18. The van der Waals surface area contributed by atoms with E-state index < -0.39 is 23.5 Å². The van der Waals surface area contributed by atoms with E-state index in [2.05, 4.69) is 15.5 Å². The number of anilines is 1. The van der Waals surface area contributed by atoms with Crippen LogP contribution in [0.3, 0.4) is 0 Å². The molecule has 43 heavy (non-hydrogen) atoms. The molecule has 0 radical (unpaired) electrons. The molecule has 8 nitrogen and oxygen atoms in total. The maximum absolute atomic E-state index is 13.3. The minimum atomic E-state index is -4.45. The number of halogens is 4. The third-order valence-electron chi connectivity index (χ3n) is 6.48. The van der Waals surface area contributed by atoms with Gasteiger partial charge in [-0.05, 0) is 53.9 Å². The summed E-state index contributed by atoms with van der Waals surface area (Å²) in [5, 5.41) is 11.0.